The van der Waals surface area contributed by atoms with Crippen LogP contribution in [0.2, 0.25) is 0 Å². The summed E-state index contributed by atoms with van der Waals surface area (Å²) < 4.78 is 22.2. The smallest absolute Gasteiger partial charge is 0.295 e. The summed E-state index contributed by atoms with van der Waals surface area (Å²) in [5, 5.41) is 11.8. The molecule has 2 heterocycles. The van der Waals surface area contributed by atoms with E-state index in [1.165, 1.54) is 26.2 Å². The van der Waals surface area contributed by atoms with Crippen molar-refractivity contribution < 1.29 is 33.6 Å². The molecule has 1 amide bonds. The van der Waals surface area contributed by atoms with Crippen LogP contribution >= 0.6 is 0 Å². The predicted molar refractivity (Wildman–Crippen MR) is 150 cm³/mol. The number of aromatic nitrogens is 1. The predicted octanol–water partition coefficient (Wildman–Crippen LogP) is 5.17. The van der Waals surface area contributed by atoms with Crippen LogP contribution in [0.25, 0.3) is 5.76 Å². The van der Waals surface area contributed by atoms with Crippen molar-refractivity contribution in [1.82, 2.24) is 9.88 Å². The summed E-state index contributed by atoms with van der Waals surface area (Å²) in [5.74, 6) is 0.0661. The minimum Gasteiger partial charge on any atom is -0.507 e. The van der Waals surface area contributed by atoms with Crippen LogP contribution < -0.4 is 18.9 Å². The number of aliphatic hydroxyl groups is 1. The third kappa shape index (κ3) is 5.06. The number of likely N-dealkylation sites (tertiary alicyclic amines) is 1. The summed E-state index contributed by atoms with van der Waals surface area (Å²) in [5.41, 5.74) is 3.27. The Labute approximate surface area is 234 Å². The molecule has 3 aromatic rings. The van der Waals surface area contributed by atoms with Gasteiger partial charge in [-0.2, -0.15) is 0 Å². The standard InChI is InChI=1S/C31H34N2O7/c1-17(2)21-15-22(18(3)12-23(21)37-4)28(34)26-27(20-13-24(38-5)30(40-7)25(14-20)39-6)33(31(36)29(26)35)16-19-8-10-32-11-9-19/h8-15,17,27,34H,16H2,1-7H3/b28-26+. The highest BCUT2D eigenvalue weighted by Crippen LogP contribution is 2.46. The van der Waals surface area contributed by atoms with Gasteiger partial charge < -0.3 is 29.0 Å². The molecule has 1 unspecified atom stereocenters. The lowest BCUT2D eigenvalue weighted by molar-refractivity contribution is -0.140. The average molecular weight is 547 g/mol. The number of benzene rings is 2. The van der Waals surface area contributed by atoms with Gasteiger partial charge in [0.25, 0.3) is 11.7 Å². The van der Waals surface area contributed by atoms with Crippen LogP contribution in [0.15, 0.2) is 54.4 Å². The first-order valence-corrected chi connectivity index (χ1v) is 12.8. The van der Waals surface area contributed by atoms with Gasteiger partial charge in [-0.25, -0.2) is 0 Å². The first-order valence-electron chi connectivity index (χ1n) is 12.8. The number of carbonyl (C=O) groups is 2. The van der Waals surface area contributed by atoms with Gasteiger partial charge in [0.15, 0.2) is 11.5 Å². The minimum atomic E-state index is -0.939. The first-order chi connectivity index (χ1) is 19.2. The lowest BCUT2D eigenvalue weighted by Crippen LogP contribution is -2.29. The highest BCUT2D eigenvalue weighted by atomic mass is 16.5. The van der Waals surface area contributed by atoms with Crippen LogP contribution in [0, 0.1) is 6.92 Å². The number of ketones is 1. The second-order valence-corrected chi connectivity index (χ2v) is 9.80. The van der Waals surface area contributed by atoms with Crippen molar-refractivity contribution in [2.24, 2.45) is 0 Å². The molecule has 4 rings (SSSR count). The maximum absolute atomic E-state index is 13.7. The van der Waals surface area contributed by atoms with Gasteiger partial charge in [-0.3, -0.25) is 14.6 Å². The van der Waals surface area contributed by atoms with Crippen LogP contribution in [-0.2, 0) is 16.1 Å². The summed E-state index contributed by atoms with van der Waals surface area (Å²) in [6.07, 6.45) is 3.24. The minimum absolute atomic E-state index is 0.0312. The first kappa shape index (κ1) is 28.5. The fourth-order valence-electron chi connectivity index (χ4n) is 5.06. The summed E-state index contributed by atoms with van der Waals surface area (Å²) >= 11 is 0. The Balaban J connectivity index is 2.00. The fourth-order valence-corrected chi connectivity index (χ4v) is 5.06. The average Bonchev–Trinajstić information content (AvgIpc) is 3.20. The van der Waals surface area contributed by atoms with E-state index in [1.54, 1.807) is 43.8 Å². The van der Waals surface area contributed by atoms with Crippen molar-refractivity contribution in [3.8, 4) is 23.0 Å². The van der Waals surface area contributed by atoms with Gasteiger partial charge in [0, 0.05) is 24.5 Å². The Morgan fingerprint density at radius 3 is 2.05 bits per heavy atom. The van der Waals surface area contributed by atoms with Gasteiger partial charge in [-0.15, -0.1) is 0 Å². The highest BCUT2D eigenvalue weighted by Gasteiger charge is 2.47. The van der Waals surface area contributed by atoms with Crippen molar-refractivity contribution >= 4 is 17.4 Å². The molecule has 1 saturated heterocycles. The second-order valence-electron chi connectivity index (χ2n) is 9.80. The van der Waals surface area contributed by atoms with Crippen LogP contribution in [0.3, 0.4) is 0 Å². The normalized spacial score (nSPS) is 16.4. The van der Waals surface area contributed by atoms with E-state index < -0.39 is 17.7 Å². The molecular weight excluding hydrogens is 512 g/mol. The maximum Gasteiger partial charge on any atom is 0.295 e. The van der Waals surface area contributed by atoms with E-state index in [0.29, 0.717) is 39.7 Å². The molecule has 1 aliphatic heterocycles. The number of ether oxygens (including phenoxy) is 4. The molecule has 210 valence electrons. The Bertz CT molecular complexity index is 1440. The van der Waals surface area contributed by atoms with Gasteiger partial charge in [0.05, 0.1) is 40.1 Å². The quantitative estimate of drug-likeness (QED) is 0.223. The van der Waals surface area contributed by atoms with E-state index in [-0.39, 0.29) is 23.8 Å². The number of nitrogens with zero attached hydrogens (tertiary/aromatic N) is 2. The van der Waals surface area contributed by atoms with E-state index in [9.17, 15) is 14.7 Å². The third-order valence-corrected chi connectivity index (χ3v) is 7.10. The molecule has 40 heavy (non-hydrogen) atoms. The molecule has 1 fully saturated rings. The summed E-state index contributed by atoms with van der Waals surface area (Å²) in [6.45, 7) is 5.97. The van der Waals surface area contributed by atoms with Crippen molar-refractivity contribution in [2.45, 2.75) is 39.3 Å². The summed E-state index contributed by atoms with van der Waals surface area (Å²) in [4.78, 5) is 32.7. The fraction of sp³-hybridized carbons (Fsp3) is 0.323. The largest absolute Gasteiger partial charge is 0.507 e. The van der Waals surface area contributed by atoms with Crippen LogP contribution in [-0.4, -0.2) is 55.1 Å². The number of aryl methyl sites for hydroxylation is 1. The molecule has 9 heteroatoms. The zero-order valence-corrected chi connectivity index (χ0v) is 23.8. The van der Waals surface area contributed by atoms with E-state index in [0.717, 1.165) is 11.1 Å². The van der Waals surface area contributed by atoms with Crippen molar-refractivity contribution in [3.05, 3.63) is 82.2 Å². The lowest BCUT2D eigenvalue weighted by atomic mass is 9.90. The Hall–Kier alpha value is -4.53. The molecule has 0 saturated carbocycles. The molecule has 1 aliphatic rings. The topological polar surface area (TPSA) is 107 Å². The Morgan fingerprint density at radius 1 is 0.925 bits per heavy atom. The van der Waals surface area contributed by atoms with Crippen molar-refractivity contribution in [3.63, 3.8) is 0 Å². The Morgan fingerprint density at radius 2 is 1.52 bits per heavy atom. The van der Waals surface area contributed by atoms with Gasteiger partial charge in [-0.1, -0.05) is 13.8 Å². The summed E-state index contributed by atoms with van der Waals surface area (Å²) in [6, 6.07) is 9.62. The van der Waals surface area contributed by atoms with Crippen molar-refractivity contribution in [2.75, 3.05) is 28.4 Å². The molecule has 0 radical (unpaired) electrons. The van der Waals surface area contributed by atoms with Crippen LogP contribution in [0.5, 0.6) is 23.0 Å². The lowest BCUT2D eigenvalue weighted by Gasteiger charge is -2.27. The molecule has 0 spiro atoms. The third-order valence-electron chi connectivity index (χ3n) is 7.10. The monoisotopic (exact) mass is 546 g/mol. The van der Waals surface area contributed by atoms with Crippen LogP contribution in [0.1, 0.15) is 53.6 Å². The van der Waals surface area contributed by atoms with E-state index >= 15 is 0 Å². The molecule has 1 N–H and O–H groups in total. The zero-order valence-electron chi connectivity index (χ0n) is 23.8. The molecular formula is C31H34N2O7. The number of pyridine rings is 1. The molecule has 2 aromatic carbocycles. The second kappa shape index (κ2) is 11.7. The maximum atomic E-state index is 13.7. The number of aliphatic hydroxyl groups excluding tert-OH is 1. The van der Waals surface area contributed by atoms with Gasteiger partial charge in [0.2, 0.25) is 5.75 Å². The zero-order chi connectivity index (χ0) is 29.1. The number of amides is 1. The van der Waals surface area contributed by atoms with Gasteiger partial charge >= 0.3 is 0 Å². The molecule has 1 atom stereocenters. The van der Waals surface area contributed by atoms with E-state index in [2.05, 4.69) is 4.98 Å². The van der Waals surface area contributed by atoms with Crippen LogP contribution in [0.4, 0.5) is 0 Å². The van der Waals surface area contributed by atoms with E-state index in [1.807, 2.05) is 32.9 Å². The Kier molecular flexibility index (Phi) is 8.32. The van der Waals surface area contributed by atoms with Gasteiger partial charge in [-0.05, 0) is 71.5 Å². The number of hydrogen-bond donors (Lipinski definition) is 1. The number of carbonyl (C=O) groups excluding carboxylic acids is 2. The molecule has 1 aromatic heterocycles. The molecule has 9 nitrogen and oxygen atoms in total. The van der Waals surface area contributed by atoms with E-state index in [4.69, 9.17) is 18.9 Å². The molecule has 0 bridgehead atoms. The van der Waals surface area contributed by atoms with Crippen molar-refractivity contribution in [1.29, 1.82) is 0 Å². The number of rotatable bonds is 9. The highest BCUT2D eigenvalue weighted by molar-refractivity contribution is 6.46. The summed E-state index contributed by atoms with van der Waals surface area (Å²) in [7, 11) is 6.07. The van der Waals surface area contributed by atoms with Gasteiger partial charge in [0.1, 0.15) is 11.5 Å². The SMILES string of the molecule is COc1cc(C)c(/C(O)=C2\C(=O)C(=O)N(Cc3ccncc3)C2c2cc(OC)c(OC)c(OC)c2)cc1C(C)C. The molecule has 0 aliphatic carbocycles. The number of hydrogen-bond acceptors (Lipinski definition) is 8. The number of methoxy groups -OCH3 is 4. The number of Topliss-reactive ketones (excluding diaryl/α,β-unsaturated/α-hetero) is 1.